The Morgan fingerprint density at radius 2 is 1.76 bits per heavy atom. The lowest BCUT2D eigenvalue weighted by atomic mass is 10.1. The topological polar surface area (TPSA) is 87.7 Å². The molecule has 7 heteroatoms. The lowest BCUT2D eigenvalue weighted by molar-refractivity contribution is -0.139. The number of nitrogens with one attached hydrogen (secondary N) is 2. The summed E-state index contributed by atoms with van der Waals surface area (Å²) in [6.07, 6.45) is 0.245. The minimum atomic E-state index is -1.05. The van der Waals surface area contributed by atoms with Crippen LogP contribution >= 0.6 is 12.2 Å². The molecule has 0 saturated heterocycles. The number of aliphatic carboxylic acids is 1. The Hall–Kier alpha value is -2.93. The van der Waals surface area contributed by atoms with Crippen molar-refractivity contribution in [3.63, 3.8) is 0 Å². The summed E-state index contributed by atoms with van der Waals surface area (Å²) in [5.41, 5.74) is 1.24. The molecule has 0 aliphatic heterocycles. The first-order valence-electron chi connectivity index (χ1n) is 7.52. The SMILES string of the molecule is COc1ccc(C(=O)NC(=S)NC(Cc2ccccc2)C(=O)O)cc1. The summed E-state index contributed by atoms with van der Waals surface area (Å²) in [6, 6.07) is 14.7. The Kier molecular flexibility index (Phi) is 6.47. The maximum Gasteiger partial charge on any atom is 0.326 e. The predicted molar refractivity (Wildman–Crippen MR) is 97.8 cm³/mol. The maximum atomic E-state index is 12.1. The van der Waals surface area contributed by atoms with Crippen LogP contribution in [0.25, 0.3) is 0 Å². The second-order valence-corrected chi connectivity index (χ2v) is 5.64. The van der Waals surface area contributed by atoms with Gasteiger partial charge in [-0.3, -0.25) is 10.1 Å². The molecular weight excluding hydrogens is 340 g/mol. The standard InChI is InChI=1S/C18H18N2O4S/c1-24-14-9-7-13(8-10-14)16(21)20-18(25)19-15(17(22)23)11-12-5-3-2-4-6-12/h2-10,15H,11H2,1H3,(H,22,23)(H2,19,20,21,25). The third-order valence-corrected chi connectivity index (χ3v) is 3.69. The van der Waals surface area contributed by atoms with E-state index >= 15 is 0 Å². The van der Waals surface area contributed by atoms with E-state index in [1.54, 1.807) is 24.3 Å². The van der Waals surface area contributed by atoms with Crippen molar-refractivity contribution in [2.45, 2.75) is 12.5 Å². The average molecular weight is 358 g/mol. The molecule has 0 aromatic heterocycles. The van der Waals surface area contributed by atoms with Crippen LogP contribution in [-0.2, 0) is 11.2 Å². The fourth-order valence-corrected chi connectivity index (χ4v) is 2.40. The van der Waals surface area contributed by atoms with Crippen molar-refractivity contribution in [2.24, 2.45) is 0 Å². The van der Waals surface area contributed by atoms with E-state index in [4.69, 9.17) is 17.0 Å². The first-order chi connectivity index (χ1) is 12.0. The summed E-state index contributed by atoms with van der Waals surface area (Å²) < 4.78 is 5.03. The monoisotopic (exact) mass is 358 g/mol. The zero-order valence-electron chi connectivity index (χ0n) is 13.6. The van der Waals surface area contributed by atoms with E-state index in [1.165, 1.54) is 7.11 Å². The van der Waals surface area contributed by atoms with Gasteiger partial charge in [0.2, 0.25) is 0 Å². The molecule has 2 aromatic carbocycles. The number of benzene rings is 2. The molecule has 2 aromatic rings. The van der Waals surface area contributed by atoms with Crippen LogP contribution in [0, 0.1) is 0 Å². The maximum absolute atomic E-state index is 12.1. The number of carbonyl (C=O) groups excluding carboxylic acids is 1. The molecule has 1 amide bonds. The summed E-state index contributed by atoms with van der Waals surface area (Å²) >= 11 is 5.06. The highest BCUT2D eigenvalue weighted by molar-refractivity contribution is 7.80. The van der Waals surface area contributed by atoms with Gasteiger partial charge in [-0.2, -0.15) is 0 Å². The van der Waals surface area contributed by atoms with Crippen molar-refractivity contribution in [3.05, 3.63) is 65.7 Å². The van der Waals surface area contributed by atoms with Crippen molar-refractivity contribution in [1.82, 2.24) is 10.6 Å². The van der Waals surface area contributed by atoms with Gasteiger partial charge in [-0.1, -0.05) is 30.3 Å². The Morgan fingerprint density at radius 3 is 2.32 bits per heavy atom. The molecule has 1 atom stereocenters. The summed E-state index contributed by atoms with van der Waals surface area (Å²) in [7, 11) is 1.53. The molecule has 130 valence electrons. The fourth-order valence-electron chi connectivity index (χ4n) is 2.16. The largest absolute Gasteiger partial charge is 0.497 e. The Morgan fingerprint density at radius 1 is 1.12 bits per heavy atom. The minimum absolute atomic E-state index is 0.0378. The third-order valence-electron chi connectivity index (χ3n) is 3.47. The van der Waals surface area contributed by atoms with Crippen LogP contribution < -0.4 is 15.4 Å². The number of ether oxygens (including phenoxy) is 1. The normalized spacial score (nSPS) is 11.2. The number of methoxy groups -OCH3 is 1. The molecule has 0 fully saturated rings. The van der Waals surface area contributed by atoms with E-state index < -0.39 is 17.9 Å². The zero-order valence-corrected chi connectivity index (χ0v) is 14.4. The van der Waals surface area contributed by atoms with Crippen molar-refractivity contribution < 1.29 is 19.4 Å². The quantitative estimate of drug-likeness (QED) is 0.685. The molecule has 0 radical (unpaired) electrons. The number of hydrogen-bond donors (Lipinski definition) is 3. The summed E-state index contributed by atoms with van der Waals surface area (Å²) in [5, 5.41) is 14.5. The molecule has 0 spiro atoms. The average Bonchev–Trinajstić information content (AvgIpc) is 2.62. The molecule has 6 nitrogen and oxygen atoms in total. The van der Waals surface area contributed by atoms with Gasteiger partial charge in [-0.15, -0.1) is 0 Å². The molecule has 1 unspecified atom stereocenters. The van der Waals surface area contributed by atoms with Gasteiger partial charge in [0.15, 0.2) is 5.11 Å². The van der Waals surface area contributed by atoms with Gasteiger partial charge >= 0.3 is 5.97 Å². The summed E-state index contributed by atoms with van der Waals surface area (Å²) in [5.74, 6) is -0.847. The smallest absolute Gasteiger partial charge is 0.326 e. The van der Waals surface area contributed by atoms with Gasteiger partial charge in [-0.25, -0.2) is 4.79 Å². The van der Waals surface area contributed by atoms with Gasteiger partial charge in [0.25, 0.3) is 5.91 Å². The van der Waals surface area contributed by atoms with Crippen LogP contribution in [0.4, 0.5) is 0 Å². The zero-order chi connectivity index (χ0) is 18.2. The molecule has 0 saturated carbocycles. The van der Waals surface area contributed by atoms with Crippen LogP contribution in [0.3, 0.4) is 0 Å². The molecule has 25 heavy (non-hydrogen) atoms. The predicted octanol–water partition coefficient (Wildman–Crippen LogP) is 2.00. The fraction of sp³-hybridized carbons (Fsp3) is 0.167. The van der Waals surface area contributed by atoms with Gasteiger partial charge in [0, 0.05) is 12.0 Å². The van der Waals surface area contributed by atoms with Gasteiger partial charge < -0.3 is 15.2 Å². The molecule has 3 N–H and O–H groups in total. The van der Waals surface area contributed by atoms with Crippen molar-refractivity contribution in [1.29, 1.82) is 0 Å². The Balaban J connectivity index is 1.96. The second kappa shape index (κ2) is 8.79. The van der Waals surface area contributed by atoms with E-state index in [-0.39, 0.29) is 11.5 Å². The molecular formula is C18H18N2O4S. The van der Waals surface area contributed by atoms with Gasteiger partial charge in [-0.05, 0) is 42.0 Å². The van der Waals surface area contributed by atoms with Crippen molar-refractivity contribution in [3.8, 4) is 5.75 Å². The highest BCUT2D eigenvalue weighted by Gasteiger charge is 2.20. The van der Waals surface area contributed by atoms with Crippen molar-refractivity contribution >= 4 is 29.2 Å². The number of rotatable bonds is 6. The minimum Gasteiger partial charge on any atom is -0.497 e. The number of hydrogen-bond acceptors (Lipinski definition) is 4. The van der Waals surface area contributed by atoms with Crippen LogP contribution in [-0.4, -0.2) is 35.2 Å². The molecule has 0 heterocycles. The second-order valence-electron chi connectivity index (χ2n) is 5.24. The number of thiocarbonyl (C=S) groups is 1. The van der Waals surface area contributed by atoms with Gasteiger partial charge in [0.05, 0.1) is 7.11 Å². The van der Waals surface area contributed by atoms with E-state index in [0.717, 1.165) is 5.56 Å². The number of amides is 1. The first-order valence-corrected chi connectivity index (χ1v) is 7.93. The van der Waals surface area contributed by atoms with Crippen LogP contribution in [0.2, 0.25) is 0 Å². The van der Waals surface area contributed by atoms with E-state index in [1.807, 2.05) is 30.3 Å². The molecule has 2 rings (SSSR count). The highest BCUT2D eigenvalue weighted by Crippen LogP contribution is 2.11. The van der Waals surface area contributed by atoms with E-state index in [0.29, 0.717) is 11.3 Å². The summed E-state index contributed by atoms with van der Waals surface area (Å²) in [6.45, 7) is 0. The van der Waals surface area contributed by atoms with E-state index in [9.17, 15) is 14.7 Å². The van der Waals surface area contributed by atoms with Crippen LogP contribution in [0.5, 0.6) is 5.75 Å². The van der Waals surface area contributed by atoms with Crippen LogP contribution in [0.1, 0.15) is 15.9 Å². The summed E-state index contributed by atoms with van der Waals surface area (Å²) in [4.78, 5) is 23.6. The van der Waals surface area contributed by atoms with Crippen molar-refractivity contribution in [2.75, 3.05) is 7.11 Å². The van der Waals surface area contributed by atoms with Crippen LogP contribution in [0.15, 0.2) is 54.6 Å². The van der Waals surface area contributed by atoms with Gasteiger partial charge in [0.1, 0.15) is 11.8 Å². The number of carboxylic acids is 1. The number of carbonyl (C=O) groups is 2. The molecule has 0 bridgehead atoms. The Labute approximate surface area is 150 Å². The third kappa shape index (κ3) is 5.58. The molecule has 0 aliphatic carbocycles. The lowest BCUT2D eigenvalue weighted by Crippen LogP contribution is -2.48. The van der Waals surface area contributed by atoms with E-state index in [2.05, 4.69) is 10.6 Å². The lowest BCUT2D eigenvalue weighted by Gasteiger charge is -2.17. The highest BCUT2D eigenvalue weighted by atomic mass is 32.1. The Bertz CT molecular complexity index is 747. The molecule has 0 aliphatic rings. The first kappa shape index (κ1) is 18.4. The number of carboxylic acid groups (broad SMARTS) is 1.